The van der Waals surface area contributed by atoms with E-state index in [0.717, 1.165) is 5.56 Å². The number of benzene rings is 3. The third-order valence-electron chi connectivity index (χ3n) is 6.22. The van der Waals surface area contributed by atoms with Gasteiger partial charge in [0.2, 0.25) is 0 Å². The topological polar surface area (TPSA) is 137 Å². The number of nitrogens with zero attached hydrogens (tertiary/aromatic N) is 1. The molecule has 0 radical (unpaired) electrons. The summed E-state index contributed by atoms with van der Waals surface area (Å²) in [5.74, 6) is -0.213. The van der Waals surface area contributed by atoms with E-state index in [-0.39, 0.29) is 37.0 Å². The standard InChI is InChI=1S/C31H31FN4O7/c1-4-41-30(38)28-19(2)34-31(39)35-29(28)22-10-13-25(26(15-22)40-3)43-18-27(37)36-33-16-20-8-11-24(12-9-20)42-17-21-6-5-7-23(32)14-21/h5-16,29H,4,17-18H2,1-3H3,(H,36,37)(H2,34,35,39)/b33-16-/t29-/m0/s1. The van der Waals surface area contributed by atoms with Crippen LogP contribution in [0.3, 0.4) is 0 Å². The number of carbonyl (C=O) groups is 3. The lowest BCUT2D eigenvalue weighted by Crippen LogP contribution is -2.45. The summed E-state index contributed by atoms with van der Waals surface area (Å²) in [7, 11) is 1.43. The molecule has 43 heavy (non-hydrogen) atoms. The summed E-state index contributed by atoms with van der Waals surface area (Å²) in [6.07, 6.45) is 1.47. The number of carbonyl (C=O) groups excluding carboxylic acids is 3. The number of rotatable bonds is 12. The highest BCUT2D eigenvalue weighted by Gasteiger charge is 2.32. The SMILES string of the molecule is CCOC(=O)C1=C(C)NC(=O)N[C@H]1c1ccc(OCC(=O)N/N=C\c2ccc(OCc3cccc(F)c3)cc2)c(OC)c1. The van der Waals surface area contributed by atoms with Crippen LogP contribution in [0.2, 0.25) is 0 Å². The van der Waals surface area contributed by atoms with Gasteiger partial charge in [0.05, 0.1) is 31.5 Å². The Balaban J connectivity index is 1.31. The van der Waals surface area contributed by atoms with Crippen molar-refractivity contribution in [3.05, 3.63) is 101 Å². The quantitative estimate of drug-likeness (QED) is 0.164. The van der Waals surface area contributed by atoms with Crippen LogP contribution in [-0.2, 0) is 20.9 Å². The molecule has 0 bridgehead atoms. The van der Waals surface area contributed by atoms with E-state index in [9.17, 15) is 18.8 Å². The highest BCUT2D eigenvalue weighted by Crippen LogP contribution is 2.34. The number of methoxy groups -OCH3 is 1. The van der Waals surface area contributed by atoms with Gasteiger partial charge in [0.15, 0.2) is 18.1 Å². The lowest BCUT2D eigenvalue weighted by Gasteiger charge is -2.28. The molecule has 0 aromatic heterocycles. The maximum Gasteiger partial charge on any atom is 0.338 e. The van der Waals surface area contributed by atoms with Gasteiger partial charge in [0.25, 0.3) is 5.91 Å². The van der Waals surface area contributed by atoms with Crippen LogP contribution in [0.25, 0.3) is 0 Å². The highest BCUT2D eigenvalue weighted by atomic mass is 19.1. The molecule has 0 unspecified atom stereocenters. The van der Waals surface area contributed by atoms with Gasteiger partial charge in [0.1, 0.15) is 18.2 Å². The van der Waals surface area contributed by atoms with E-state index in [1.54, 1.807) is 68.4 Å². The van der Waals surface area contributed by atoms with Crippen molar-refractivity contribution in [2.75, 3.05) is 20.3 Å². The van der Waals surface area contributed by atoms with Gasteiger partial charge < -0.3 is 29.6 Å². The summed E-state index contributed by atoms with van der Waals surface area (Å²) in [4.78, 5) is 37.0. The van der Waals surface area contributed by atoms with Gasteiger partial charge in [-0.05, 0) is 79.1 Å². The fourth-order valence-electron chi connectivity index (χ4n) is 4.20. The summed E-state index contributed by atoms with van der Waals surface area (Å²) in [5, 5.41) is 9.25. The number of hydrogen-bond acceptors (Lipinski definition) is 8. The van der Waals surface area contributed by atoms with E-state index in [0.29, 0.717) is 28.3 Å². The van der Waals surface area contributed by atoms with Crippen molar-refractivity contribution in [3.63, 3.8) is 0 Å². The third kappa shape index (κ3) is 8.32. The number of nitrogens with one attached hydrogen (secondary N) is 3. The molecule has 1 aliphatic rings. The van der Waals surface area contributed by atoms with Crippen LogP contribution in [0.15, 0.2) is 83.1 Å². The normalized spacial score (nSPS) is 14.5. The molecule has 12 heteroatoms. The molecule has 1 atom stereocenters. The maximum atomic E-state index is 13.3. The zero-order chi connectivity index (χ0) is 30.8. The number of ether oxygens (including phenoxy) is 4. The Morgan fingerprint density at radius 3 is 2.56 bits per heavy atom. The van der Waals surface area contributed by atoms with E-state index in [1.807, 2.05) is 0 Å². The lowest BCUT2D eigenvalue weighted by atomic mass is 9.95. The molecule has 3 N–H and O–H groups in total. The molecule has 0 saturated carbocycles. The monoisotopic (exact) mass is 590 g/mol. The summed E-state index contributed by atoms with van der Waals surface area (Å²) in [5.41, 5.74) is 5.03. The zero-order valence-electron chi connectivity index (χ0n) is 23.8. The Morgan fingerprint density at radius 1 is 1.05 bits per heavy atom. The highest BCUT2D eigenvalue weighted by molar-refractivity contribution is 5.95. The molecular weight excluding hydrogens is 559 g/mol. The summed E-state index contributed by atoms with van der Waals surface area (Å²) in [6, 6.07) is 16.8. The first-order chi connectivity index (χ1) is 20.8. The van der Waals surface area contributed by atoms with Crippen molar-refractivity contribution >= 4 is 24.1 Å². The minimum atomic E-state index is -0.776. The maximum absolute atomic E-state index is 13.3. The molecule has 3 amide bonds. The summed E-state index contributed by atoms with van der Waals surface area (Å²) < 4.78 is 35.2. The fourth-order valence-corrected chi connectivity index (χ4v) is 4.20. The van der Waals surface area contributed by atoms with Crippen LogP contribution in [0.1, 0.15) is 36.6 Å². The van der Waals surface area contributed by atoms with Gasteiger partial charge in [-0.15, -0.1) is 0 Å². The number of amides is 3. The number of urea groups is 1. The molecule has 0 aliphatic carbocycles. The number of allylic oxidation sites excluding steroid dienone is 1. The van der Waals surface area contributed by atoms with Crippen molar-refractivity contribution in [1.82, 2.24) is 16.1 Å². The lowest BCUT2D eigenvalue weighted by molar-refractivity contribution is -0.139. The molecule has 0 saturated heterocycles. The molecule has 3 aromatic carbocycles. The molecule has 11 nitrogen and oxygen atoms in total. The van der Waals surface area contributed by atoms with E-state index in [1.165, 1.54) is 25.5 Å². The first-order valence-corrected chi connectivity index (χ1v) is 13.3. The van der Waals surface area contributed by atoms with Gasteiger partial charge >= 0.3 is 12.0 Å². The minimum Gasteiger partial charge on any atom is -0.493 e. The number of hydrogen-bond donors (Lipinski definition) is 3. The second kappa shape index (κ2) is 14.5. The number of hydrazone groups is 1. The average molecular weight is 591 g/mol. The van der Waals surface area contributed by atoms with Gasteiger partial charge in [-0.25, -0.2) is 19.4 Å². The van der Waals surface area contributed by atoms with Crippen LogP contribution >= 0.6 is 0 Å². The Bertz CT molecular complexity index is 1540. The van der Waals surface area contributed by atoms with E-state index in [2.05, 4.69) is 21.2 Å². The Labute approximate surface area is 247 Å². The van der Waals surface area contributed by atoms with Crippen molar-refractivity contribution in [2.24, 2.45) is 5.10 Å². The Kier molecular flexibility index (Phi) is 10.3. The van der Waals surface area contributed by atoms with Gasteiger partial charge in [-0.3, -0.25) is 4.79 Å². The van der Waals surface area contributed by atoms with Crippen LogP contribution in [0.5, 0.6) is 17.2 Å². The first kappa shape index (κ1) is 30.6. The fraction of sp³-hybridized carbons (Fsp3) is 0.226. The second-order valence-electron chi connectivity index (χ2n) is 9.27. The third-order valence-corrected chi connectivity index (χ3v) is 6.22. The second-order valence-corrected chi connectivity index (χ2v) is 9.27. The summed E-state index contributed by atoms with van der Waals surface area (Å²) >= 11 is 0. The number of esters is 1. The van der Waals surface area contributed by atoms with E-state index in [4.69, 9.17) is 18.9 Å². The van der Waals surface area contributed by atoms with Crippen molar-refractivity contribution < 1.29 is 37.7 Å². The molecule has 1 heterocycles. The molecule has 4 rings (SSSR count). The van der Waals surface area contributed by atoms with Crippen LogP contribution in [-0.4, -0.2) is 44.4 Å². The van der Waals surface area contributed by atoms with Crippen molar-refractivity contribution in [3.8, 4) is 17.2 Å². The molecular formula is C31H31FN4O7. The number of halogens is 1. The largest absolute Gasteiger partial charge is 0.493 e. The Hall–Kier alpha value is -5.39. The van der Waals surface area contributed by atoms with Crippen molar-refractivity contribution in [1.29, 1.82) is 0 Å². The predicted octanol–water partition coefficient (Wildman–Crippen LogP) is 4.13. The zero-order valence-corrected chi connectivity index (χ0v) is 23.8. The molecule has 0 spiro atoms. The van der Waals surface area contributed by atoms with Crippen molar-refractivity contribution in [2.45, 2.75) is 26.5 Å². The van der Waals surface area contributed by atoms with Gasteiger partial charge in [-0.2, -0.15) is 5.10 Å². The first-order valence-electron chi connectivity index (χ1n) is 13.3. The Morgan fingerprint density at radius 2 is 1.84 bits per heavy atom. The van der Waals surface area contributed by atoms with Gasteiger partial charge in [0, 0.05) is 5.70 Å². The predicted molar refractivity (Wildman–Crippen MR) is 155 cm³/mol. The van der Waals surface area contributed by atoms with Gasteiger partial charge in [-0.1, -0.05) is 18.2 Å². The smallest absolute Gasteiger partial charge is 0.338 e. The molecule has 1 aliphatic heterocycles. The van der Waals surface area contributed by atoms with E-state index >= 15 is 0 Å². The van der Waals surface area contributed by atoms with Crippen LogP contribution in [0, 0.1) is 5.82 Å². The van der Waals surface area contributed by atoms with E-state index < -0.39 is 23.9 Å². The molecule has 0 fully saturated rings. The summed E-state index contributed by atoms with van der Waals surface area (Å²) in [6.45, 7) is 3.38. The molecule has 3 aromatic rings. The van der Waals surface area contributed by atoms with Crippen LogP contribution < -0.4 is 30.3 Å². The minimum absolute atomic E-state index is 0.180. The molecule has 224 valence electrons. The van der Waals surface area contributed by atoms with Crippen LogP contribution in [0.4, 0.5) is 9.18 Å². The average Bonchev–Trinajstić information content (AvgIpc) is 2.99.